The molecule has 27 heavy (non-hydrogen) atoms. The number of ether oxygens (including phenoxy) is 1. The molecule has 1 aromatic carbocycles. The lowest BCUT2D eigenvalue weighted by Crippen LogP contribution is -2.32. The Bertz CT molecular complexity index is 860. The van der Waals surface area contributed by atoms with Crippen molar-refractivity contribution in [2.24, 2.45) is 0 Å². The number of pyridine rings is 1. The normalized spacial score (nSPS) is 14.7. The fourth-order valence-corrected chi connectivity index (χ4v) is 3.30. The molecule has 7 heteroatoms. The number of anilines is 1. The van der Waals surface area contributed by atoms with Crippen LogP contribution in [0, 0.1) is 5.82 Å². The van der Waals surface area contributed by atoms with Crippen molar-refractivity contribution in [2.75, 3.05) is 25.5 Å². The molecule has 3 rings (SSSR count). The van der Waals surface area contributed by atoms with E-state index in [-0.39, 0.29) is 23.6 Å². The van der Waals surface area contributed by atoms with E-state index in [1.165, 1.54) is 37.8 Å². The van der Waals surface area contributed by atoms with Gasteiger partial charge in [0.25, 0.3) is 0 Å². The van der Waals surface area contributed by atoms with Crippen LogP contribution >= 0.6 is 0 Å². The molecule has 0 spiro atoms. The second-order valence-corrected chi connectivity index (χ2v) is 6.72. The van der Waals surface area contributed by atoms with Gasteiger partial charge >= 0.3 is 0 Å². The number of benzene rings is 1. The third-order valence-electron chi connectivity index (χ3n) is 4.66. The van der Waals surface area contributed by atoms with Crippen molar-refractivity contribution in [1.29, 1.82) is 0 Å². The van der Waals surface area contributed by atoms with Gasteiger partial charge in [-0.05, 0) is 44.1 Å². The molecule has 1 aromatic heterocycles. The summed E-state index contributed by atoms with van der Waals surface area (Å²) in [7, 11) is 1.43. The SMILES string of the molecule is COc1cn(CC(=O)Nc2cccc(F)c2)c(CN2CCCCC2)cc1=O. The lowest BCUT2D eigenvalue weighted by molar-refractivity contribution is -0.116. The standard InChI is InChI=1S/C20H24FN3O3/c1-27-19-13-24(14-20(26)22-16-7-5-6-15(21)10-16)17(11-18(19)25)12-23-8-3-2-4-9-23/h5-7,10-11,13H,2-4,8-9,12,14H2,1H3,(H,22,26). The van der Waals surface area contributed by atoms with E-state index in [4.69, 9.17) is 4.74 Å². The Morgan fingerprint density at radius 3 is 2.70 bits per heavy atom. The zero-order valence-corrected chi connectivity index (χ0v) is 15.4. The Kier molecular flexibility index (Phi) is 6.24. The number of carbonyl (C=O) groups is 1. The fraction of sp³-hybridized carbons (Fsp3) is 0.400. The Hall–Kier alpha value is -2.67. The van der Waals surface area contributed by atoms with Crippen molar-refractivity contribution >= 4 is 11.6 Å². The summed E-state index contributed by atoms with van der Waals surface area (Å²) in [6.45, 7) is 2.58. The maximum atomic E-state index is 13.3. The molecule has 1 N–H and O–H groups in total. The molecule has 1 fully saturated rings. The van der Waals surface area contributed by atoms with Crippen LogP contribution in [0.25, 0.3) is 0 Å². The monoisotopic (exact) mass is 373 g/mol. The van der Waals surface area contributed by atoms with Crippen molar-refractivity contribution in [3.05, 3.63) is 58.3 Å². The lowest BCUT2D eigenvalue weighted by Gasteiger charge is -2.27. The topological polar surface area (TPSA) is 63.6 Å². The number of carbonyl (C=O) groups excluding carboxylic acids is 1. The van der Waals surface area contributed by atoms with Gasteiger partial charge in [0.05, 0.1) is 13.3 Å². The Labute approximate surface area is 157 Å². The van der Waals surface area contributed by atoms with Crippen molar-refractivity contribution < 1.29 is 13.9 Å². The number of nitrogens with zero attached hydrogens (tertiary/aromatic N) is 2. The number of aromatic nitrogens is 1. The minimum atomic E-state index is -0.413. The van der Waals surface area contributed by atoms with Crippen LogP contribution in [-0.4, -0.2) is 35.6 Å². The van der Waals surface area contributed by atoms with Crippen LogP contribution in [0.3, 0.4) is 0 Å². The van der Waals surface area contributed by atoms with Crippen LogP contribution in [0.2, 0.25) is 0 Å². The summed E-state index contributed by atoms with van der Waals surface area (Å²) in [4.78, 5) is 26.9. The van der Waals surface area contributed by atoms with Crippen LogP contribution in [0.15, 0.2) is 41.3 Å². The lowest BCUT2D eigenvalue weighted by atomic mass is 10.1. The van der Waals surface area contributed by atoms with Crippen LogP contribution < -0.4 is 15.5 Å². The van der Waals surface area contributed by atoms with Crippen molar-refractivity contribution in [3.8, 4) is 5.75 Å². The Morgan fingerprint density at radius 1 is 1.22 bits per heavy atom. The van der Waals surface area contributed by atoms with E-state index in [2.05, 4.69) is 10.2 Å². The molecule has 0 bridgehead atoms. The molecule has 0 aliphatic carbocycles. The molecule has 0 atom stereocenters. The largest absolute Gasteiger partial charge is 0.491 e. The first kappa shape index (κ1) is 19.1. The van der Waals surface area contributed by atoms with E-state index in [1.807, 2.05) is 0 Å². The van der Waals surface area contributed by atoms with E-state index in [0.29, 0.717) is 12.2 Å². The number of piperidine rings is 1. The van der Waals surface area contributed by atoms with Gasteiger partial charge in [0.2, 0.25) is 11.3 Å². The number of nitrogens with one attached hydrogen (secondary N) is 1. The molecule has 2 aromatic rings. The van der Waals surface area contributed by atoms with Gasteiger partial charge in [0.15, 0.2) is 5.75 Å². The molecule has 0 radical (unpaired) electrons. The Balaban J connectivity index is 1.78. The van der Waals surface area contributed by atoms with Crippen LogP contribution in [-0.2, 0) is 17.9 Å². The highest BCUT2D eigenvalue weighted by atomic mass is 19.1. The summed E-state index contributed by atoms with van der Waals surface area (Å²) >= 11 is 0. The van der Waals surface area contributed by atoms with Crippen molar-refractivity contribution in [2.45, 2.75) is 32.4 Å². The highest BCUT2D eigenvalue weighted by Gasteiger charge is 2.16. The van der Waals surface area contributed by atoms with Crippen LogP contribution in [0.5, 0.6) is 5.75 Å². The number of hydrogen-bond acceptors (Lipinski definition) is 4. The zero-order valence-electron chi connectivity index (χ0n) is 15.4. The Morgan fingerprint density at radius 2 is 2.00 bits per heavy atom. The van der Waals surface area contributed by atoms with Gasteiger partial charge in [0, 0.05) is 24.0 Å². The first-order valence-corrected chi connectivity index (χ1v) is 9.10. The van der Waals surface area contributed by atoms with Gasteiger partial charge in [-0.15, -0.1) is 0 Å². The van der Waals surface area contributed by atoms with Crippen molar-refractivity contribution in [3.63, 3.8) is 0 Å². The number of likely N-dealkylation sites (tertiary alicyclic amines) is 1. The summed E-state index contributed by atoms with van der Waals surface area (Å²) in [6.07, 6.45) is 5.07. The van der Waals surface area contributed by atoms with E-state index < -0.39 is 5.82 Å². The van der Waals surface area contributed by atoms with Gasteiger partial charge in [0.1, 0.15) is 12.4 Å². The highest BCUT2D eigenvalue weighted by molar-refractivity contribution is 5.90. The maximum absolute atomic E-state index is 13.3. The predicted octanol–water partition coefficient (Wildman–Crippen LogP) is 2.62. The quantitative estimate of drug-likeness (QED) is 0.846. The van der Waals surface area contributed by atoms with Crippen molar-refractivity contribution in [1.82, 2.24) is 9.47 Å². The molecule has 144 valence electrons. The summed E-state index contributed by atoms with van der Waals surface area (Å²) in [5.41, 5.74) is 0.953. The molecule has 6 nitrogen and oxygen atoms in total. The van der Waals surface area contributed by atoms with Gasteiger partial charge in [-0.1, -0.05) is 12.5 Å². The van der Waals surface area contributed by atoms with Crippen LogP contribution in [0.1, 0.15) is 25.0 Å². The third-order valence-corrected chi connectivity index (χ3v) is 4.66. The van der Waals surface area contributed by atoms with E-state index in [0.717, 1.165) is 31.6 Å². The molecular weight excluding hydrogens is 349 g/mol. The number of methoxy groups -OCH3 is 1. The van der Waals surface area contributed by atoms with E-state index >= 15 is 0 Å². The van der Waals surface area contributed by atoms with Gasteiger partial charge in [-0.2, -0.15) is 0 Å². The fourth-order valence-electron chi connectivity index (χ4n) is 3.30. The minimum Gasteiger partial charge on any atom is -0.491 e. The molecule has 0 unspecified atom stereocenters. The first-order valence-electron chi connectivity index (χ1n) is 9.10. The summed E-state index contributed by atoms with van der Waals surface area (Å²) in [5, 5.41) is 2.68. The molecule has 2 heterocycles. The van der Waals surface area contributed by atoms with Gasteiger partial charge < -0.3 is 14.6 Å². The second kappa shape index (κ2) is 8.81. The zero-order chi connectivity index (χ0) is 19.2. The molecule has 1 aliphatic heterocycles. The third kappa shape index (κ3) is 5.17. The highest BCUT2D eigenvalue weighted by Crippen LogP contribution is 2.15. The average Bonchev–Trinajstić information content (AvgIpc) is 2.64. The number of rotatable bonds is 6. The maximum Gasteiger partial charge on any atom is 0.244 e. The molecule has 1 aliphatic rings. The smallest absolute Gasteiger partial charge is 0.244 e. The molecular formula is C20H24FN3O3. The van der Waals surface area contributed by atoms with Gasteiger partial charge in [-0.3, -0.25) is 14.5 Å². The second-order valence-electron chi connectivity index (χ2n) is 6.72. The number of hydrogen-bond donors (Lipinski definition) is 1. The summed E-state index contributed by atoms with van der Waals surface area (Å²) in [5.74, 6) is -0.522. The molecule has 1 amide bonds. The number of halogens is 1. The van der Waals surface area contributed by atoms with Crippen LogP contribution in [0.4, 0.5) is 10.1 Å². The summed E-state index contributed by atoms with van der Waals surface area (Å²) in [6, 6.07) is 7.27. The van der Waals surface area contributed by atoms with E-state index in [1.54, 1.807) is 16.8 Å². The predicted molar refractivity (Wildman–Crippen MR) is 101 cm³/mol. The van der Waals surface area contributed by atoms with Gasteiger partial charge in [-0.25, -0.2) is 4.39 Å². The van der Waals surface area contributed by atoms with E-state index in [9.17, 15) is 14.0 Å². The summed E-state index contributed by atoms with van der Waals surface area (Å²) < 4.78 is 20.1. The molecule has 1 saturated heterocycles. The first-order chi connectivity index (χ1) is 13.0. The molecule has 0 saturated carbocycles. The average molecular weight is 373 g/mol. The number of amides is 1. The minimum absolute atomic E-state index is 0.0102.